The molecule has 0 aliphatic carbocycles. The van der Waals surface area contributed by atoms with Crippen molar-refractivity contribution >= 4 is 5.91 Å². The fourth-order valence-electron chi connectivity index (χ4n) is 1.12. The van der Waals surface area contributed by atoms with Gasteiger partial charge < -0.3 is 15.4 Å². The van der Waals surface area contributed by atoms with Crippen molar-refractivity contribution in [3.8, 4) is 0 Å². The standard InChI is InChI=1S/C12H26N2O2/c1-5-16-8-6-7-13-9-12(15)14-11(4)10(2)3/h10-11,13H,5-9H2,1-4H3,(H,14,15). The number of carbonyl (C=O) groups is 1. The summed E-state index contributed by atoms with van der Waals surface area (Å²) >= 11 is 0. The van der Waals surface area contributed by atoms with Crippen LogP contribution in [0.5, 0.6) is 0 Å². The highest BCUT2D eigenvalue weighted by Gasteiger charge is 2.09. The van der Waals surface area contributed by atoms with E-state index in [9.17, 15) is 4.79 Å². The molecular formula is C12H26N2O2. The molecule has 0 heterocycles. The van der Waals surface area contributed by atoms with Crippen LogP contribution in [-0.2, 0) is 9.53 Å². The van der Waals surface area contributed by atoms with Gasteiger partial charge in [0.1, 0.15) is 0 Å². The van der Waals surface area contributed by atoms with Gasteiger partial charge in [-0.1, -0.05) is 13.8 Å². The lowest BCUT2D eigenvalue weighted by Gasteiger charge is -2.17. The molecule has 2 N–H and O–H groups in total. The van der Waals surface area contributed by atoms with E-state index in [1.807, 2.05) is 13.8 Å². The second kappa shape index (κ2) is 9.60. The fourth-order valence-corrected chi connectivity index (χ4v) is 1.12. The van der Waals surface area contributed by atoms with Gasteiger partial charge in [0.05, 0.1) is 6.54 Å². The van der Waals surface area contributed by atoms with Gasteiger partial charge in [-0.15, -0.1) is 0 Å². The summed E-state index contributed by atoms with van der Waals surface area (Å²) in [5, 5.41) is 6.05. The Labute approximate surface area is 99.1 Å². The Hall–Kier alpha value is -0.610. The lowest BCUT2D eigenvalue weighted by atomic mass is 10.1. The Kier molecular flexibility index (Phi) is 9.24. The molecule has 1 atom stereocenters. The smallest absolute Gasteiger partial charge is 0.234 e. The van der Waals surface area contributed by atoms with E-state index in [1.54, 1.807) is 0 Å². The minimum Gasteiger partial charge on any atom is -0.382 e. The van der Waals surface area contributed by atoms with E-state index in [4.69, 9.17) is 4.74 Å². The molecule has 0 aromatic heterocycles. The molecule has 0 bridgehead atoms. The second-order valence-corrected chi connectivity index (χ2v) is 4.33. The highest BCUT2D eigenvalue weighted by Crippen LogP contribution is 1.98. The Morgan fingerprint density at radius 2 is 2.00 bits per heavy atom. The van der Waals surface area contributed by atoms with Crippen LogP contribution in [-0.4, -0.2) is 38.3 Å². The molecule has 0 aliphatic rings. The molecule has 1 amide bonds. The van der Waals surface area contributed by atoms with Gasteiger partial charge in [0.2, 0.25) is 5.91 Å². The van der Waals surface area contributed by atoms with Crippen molar-refractivity contribution in [1.29, 1.82) is 0 Å². The first-order valence-corrected chi connectivity index (χ1v) is 6.15. The third-order valence-corrected chi connectivity index (χ3v) is 2.52. The number of nitrogens with one attached hydrogen (secondary N) is 2. The van der Waals surface area contributed by atoms with Gasteiger partial charge in [0.25, 0.3) is 0 Å². The van der Waals surface area contributed by atoms with E-state index < -0.39 is 0 Å². The SMILES string of the molecule is CCOCCCNCC(=O)NC(C)C(C)C. The lowest BCUT2D eigenvalue weighted by Crippen LogP contribution is -2.41. The van der Waals surface area contributed by atoms with Crippen molar-refractivity contribution < 1.29 is 9.53 Å². The molecule has 1 unspecified atom stereocenters. The third kappa shape index (κ3) is 8.68. The Bertz CT molecular complexity index is 184. The largest absolute Gasteiger partial charge is 0.382 e. The van der Waals surface area contributed by atoms with Crippen molar-refractivity contribution in [2.75, 3.05) is 26.3 Å². The molecule has 0 spiro atoms. The normalized spacial score (nSPS) is 12.8. The summed E-state index contributed by atoms with van der Waals surface area (Å²) in [5.74, 6) is 0.541. The maximum Gasteiger partial charge on any atom is 0.234 e. The topological polar surface area (TPSA) is 50.4 Å². The molecule has 0 aromatic rings. The molecule has 4 nitrogen and oxygen atoms in total. The molecule has 96 valence electrons. The second-order valence-electron chi connectivity index (χ2n) is 4.33. The Balaban J connectivity index is 3.37. The molecule has 0 fully saturated rings. The summed E-state index contributed by atoms with van der Waals surface area (Å²) in [6, 6.07) is 0.234. The predicted molar refractivity (Wildman–Crippen MR) is 66.4 cm³/mol. The molecule has 16 heavy (non-hydrogen) atoms. The molecule has 4 heteroatoms. The number of carbonyl (C=O) groups excluding carboxylic acids is 1. The maximum absolute atomic E-state index is 11.4. The molecule has 0 radical (unpaired) electrons. The van der Waals surface area contributed by atoms with Crippen LogP contribution in [0, 0.1) is 5.92 Å². The number of ether oxygens (including phenoxy) is 1. The molecule has 0 aliphatic heterocycles. The first kappa shape index (κ1) is 15.4. The summed E-state index contributed by atoms with van der Waals surface area (Å²) in [5.41, 5.74) is 0. The van der Waals surface area contributed by atoms with Crippen LogP contribution in [0.15, 0.2) is 0 Å². The van der Waals surface area contributed by atoms with E-state index in [2.05, 4.69) is 24.5 Å². The van der Waals surface area contributed by atoms with Crippen LogP contribution in [0.1, 0.15) is 34.1 Å². The molecule has 0 saturated heterocycles. The van der Waals surface area contributed by atoms with Crippen LogP contribution in [0.4, 0.5) is 0 Å². The highest BCUT2D eigenvalue weighted by molar-refractivity contribution is 5.78. The van der Waals surface area contributed by atoms with E-state index >= 15 is 0 Å². The number of hydrogen-bond acceptors (Lipinski definition) is 3. The minimum atomic E-state index is 0.0672. The lowest BCUT2D eigenvalue weighted by molar-refractivity contribution is -0.121. The molecule has 0 aromatic carbocycles. The summed E-state index contributed by atoms with van der Waals surface area (Å²) in [4.78, 5) is 11.4. The predicted octanol–water partition coefficient (Wildman–Crippen LogP) is 1.16. The zero-order valence-corrected chi connectivity index (χ0v) is 11.0. The van der Waals surface area contributed by atoms with Crippen molar-refractivity contribution in [2.45, 2.75) is 40.2 Å². The van der Waals surface area contributed by atoms with Crippen LogP contribution < -0.4 is 10.6 Å². The van der Waals surface area contributed by atoms with Crippen molar-refractivity contribution in [3.63, 3.8) is 0 Å². The van der Waals surface area contributed by atoms with E-state index in [1.165, 1.54) is 0 Å². The first-order chi connectivity index (χ1) is 7.57. The average molecular weight is 230 g/mol. The average Bonchev–Trinajstić information content (AvgIpc) is 2.23. The molecular weight excluding hydrogens is 204 g/mol. The fraction of sp³-hybridized carbons (Fsp3) is 0.917. The van der Waals surface area contributed by atoms with E-state index in [-0.39, 0.29) is 11.9 Å². The number of hydrogen-bond donors (Lipinski definition) is 2. The Morgan fingerprint density at radius 1 is 1.31 bits per heavy atom. The van der Waals surface area contributed by atoms with Crippen molar-refractivity contribution in [2.24, 2.45) is 5.92 Å². The van der Waals surface area contributed by atoms with Gasteiger partial charge in [-0.05, 0) is 32.7 Å². The van der Waals surface area contributed by atoms with Gasteiger partial charge in [-0.25, -0.2) is 0 Å². The van der Waals surface area contributed by atoms with Crippen molar-refractivity contribution in [3.05, 3.63) is 0 Å². The molecule has 0 rings (SSSR count). The van der Waals surface area contributed by atoms with Crippen molar-refractivity contribution in [1.82, 2.24) is 10.6 Å². The maximum atomic E-state index is 11.4. The third-order valence-electron chi connectivity index (χ3n) is 2.52. The zero-order valence-electron chi connectivity index (χ0n) is 11.0. The summed E-state index contributed by atoms with van der Waals surface area (Å²) < 4.78 is 5.20. The van der Waals surface area contributed by atoms with Gasteiger partial charge in [-0.2, -0.15) is 0 Å². The summed E-state index contributed by atoms with van der Waals surface area (Å²) in [6.07, 6.45) is 0.945. The highest BCUT2D eigenvalue weighted by atomic mass is 16.5. The van der Waals surface area contributed by atoms with Gasteiger partial charge in [0.15, 0.2) is 0 Å². The Morgan fingerprint density at radius 3 is 2.56 bits per heavy atom. The van der Waals surface area contributed by atoms with Crippen LogP contribution >= 0.6 is 0 Å². The number of amides is 1. The minimum absolute atomic E-state index is 0.0672. The molecule has 0 saturated carbocycles. The van der Waals surface area contributed by atoms with Gasteiger partial charge in [-0.3, -0.25) is 4.79 Å². The quantitative estimate of drug-likeness (QED) is 0.584. The van der Waals surface area contributed by atoms with E-state index in [0.717, 1.165) is 26.2 Å². The number of rotatable bonds is 9. The van der Waals surface area contributed by atoms with Gasteiger partial charge in [0, 0.05) is 19.3 Å². The summed E-state index contributed by atoms with van der Waals surface area (Å²) in [6.45, 7) is 10.9. The zero-order chi connectivity index (χ0) is 12.4. The van der Waals surface area contributed by atoms with Crippen LogP contribution in [0.2, 0.25) is 0 Å². The van der Waals surface area contributed by atoms with Crippen LogP contribution in [0.3, 0.4) is 0 Å². The first-order valence-electron chi connectivity index (χ1n) is 6.15. The van der Waals surface area contributed by atoms with Gasteiger partial charge >= 0.3 is 0 Å². The van der Waals surface area contributed by atoms with E-state index in [0.29, 0.717) is 12.5 Å². The summed E-state index contributed by atoms with van der Waals surface area (Å²) in [7, 11) is 0. The monoisotopic (exact) mass is 230 g/mol. The van der Waals surface area contributed by atoms with Crippen LogP contribution in [0.25, 0.3) is 0 Å².